The summed E-state index contributed by atoms with van der Waals surface area (Å²) in [7, 11) is 0. The molecule has 1 aromatic rings. The van der Waals surface area contributed by atoms with Gasteiger partial charge in [0.25, 0.3) is 0 Å². The van der Waals surface area contributed by atoms with Gasteiger partial charge in [-0.2, -0.15) is 13.2 Å². The van der Waals surface area contributed by atoms with E-state index in [-0.39, 0.29) is 16.9 Å². The average molecular weight is 274 g/mol. The Kier molecular flexibility index (Phi) is 3.93. The number of esters is 1. The molecule has 0 aliphatic heterocycles. The fraction of sp³-hybridized carbons (Fsp3) is 0.308. The Bertz CT molecular complexity index is 508. The van der Waals surface area contributed by atoms with E-state index in [0.717, 1.165) is 19.1 Å². The van der Waals surface area contributed by atoms with Crippen molar-refractivity contribution < 1.29 is 27.8 Å². The maximum atomic E-state index is 13.2. The van der Waals surface area contributed by atoms with Crippen molar-refractivity contribution in [1.29, 1.82) is 0 Å². The Morgan fingerprint density at radius 1 is 1.37 bits per heavy atom. The highest BCUT2D eigenvalue weighted by molar-refractivity contribution is 5.87. The highest BCUT2D eigenvalue weighted by Crippen LogP contribution is 2.43. The maximum absolute atomic E-state index is 13.2. The molecule has 0 aromatic heterocycles. The highest BCUT2D eigenvalue weighted by atomic mass is 19.4. The molecule has 1 aromatic carbocycles. The largest absolute Gasteiger partial charge is 0.508 e. The van der Waals surface area contributed by atoms with Crippen LogP contribution in [0, 0.1) is 0 Å². The lowest BCUT2D eigenvalue weighted by Gasteiger charge is -2.32. The Labute approximate surface area is 108 Å². The van der Waals surface area contributed by atoms with Crippen molar-refractivity contribution in [3.8, 4) is 5.75 Å². The van der Waals surface area contributed by atoms with Crippen LogP contribution in [0.2, 0.25) is 0 Å². The van der Waals surface area contributed by atoms with Crippen molar-refractivity contribution in [2.24, 2.45) is 0 Å². The summed E-state index contributed by atoms with van der Waals surface area (Å²) in [6.07, 6.45) is -4.83. The zero-order chi connectivity index (χ0) is 14.8. The number of ether oxygens (including phenoxy) is 1. The van der Waals surface area contributed by atoms with E-state index < -0.39 is 17.7 Å². The molecule has 19 heavy (non-hydrogen) atoms. The second-order valence-corrected chi connectivity index (χ2v) is 4.25. The molecule has 0 fully saturated rings. The fourth-order valence-electron chi connectivity index (χ4n) is 1.36. The summed E-state index contributed by atoms with van der Waals surface area (Å²) in [5.41, 5.74) is -3.35. The normalized spacial score (nSPS) is 14.6. The van der Waals surface area contributed by atoms with Gasteiger partial charge >= 0.3 is 12.1 Å². The number of hydrogen-bond donors (Lipinski definition) is 1. The number of rotatable bonds is 3. The smallest absolute Gasteiger partial charge is 0.432 e. The van der Waals surface area contributed by atoms with Crippen LogP contribution in [-0.2, 0) is 15.1 Å². The lowest BCUT2D eigenvalue weighted by Crippen LogP contribution is -2.43. The minimum atomic E-state index is -4.83. The van der Waals surface area contributed by atoms with Crippen molar-refractivity contribution in [1.82, 2.24) is 0 Å². The van der Waals surface area contributed by atoms with Crippen LogP contribution in [0.1, 0.15) is 19.4 Å². The molecule has 0 bridgehead atoms. The van der Waals surface area contributed by atoms with Crippen molar-refractivity contribution in [3.63, 3.8) is 0 Å². The van der Waals surface area contributed by atoms with E-state index in [4.69, 9.17) is 0 Å². The number of alkyl halides is 3. The maximum Gasteiger partial charge on any atom is 0.432 e. The quantitative estimate of drug-likeness (QED) is 0.679. The summed E-state index contributed by atoms with van der Waals surface area (Å²) in [5, 5.41) is 9.26. The van der Waals surface area contributed by atoms with E-state index in [1.807, 2.05) is 0 Å². The molecule has 6 heteroatoms. The molecule has 0 spiro atoms. The van der Waals surface area contributed by atoms with Gasteiger partial charge in [0.1, 0.15) is 5.75 Å². The van der Waals surface area contributed by atoms with E-state index in [1.54, 1.807) is 0 Å². The van der Waals surface area contributed by atoms with E-state index in [9.17, 15) is 23.1 Å². The molecular weight excluding hydrogens is 261 g/mol. The Morgan fingerprint density at radius 3 is 2.37 bits per heavy atom. The molecular formula is C13H13F3O3. The number of carbonyl (C=O) groups is 1. The van der Waals surface area contributed by atoms with Crippen molar-refractivity contribution >= 4 is 5.97 Å². The zero-order valence-corrected chi connectivity index (χ0v) is 10.4. The summed E-state index contributed by atoms with van der Waals surface area (Å²) in [5.74, 6) is -1.50. The summed E-state index contributed by atoms with van der Waals surface area (Å²) < 4.78 is 44.0. The van der Waals surface area contributed by atoms with E-state index in [1.165, 1.54) is 19.1 Å². The summed E-state index contributed by atoms with van der Waals surface area (Å²) in [6.45, 7) is 5.22. The zero-order valence-electron chi connectivity index (χ0n) is 10.4. The Morgan fingerprint density at radius 2 is 1.95 bits per heavy atom. The number of benzene rings is 1. The molecule has 0 amide bonds. The predicted octanol–water partition coefficient (Wildman–Crippen LogP) is 3.29. The van der Waals surface area contributed by atoms with E-state index >= 15 is 0 Å². The van der Waals surface area contributed by atoms with Gasteiger partial charge in [-0.15, -0.1) is 0 Å². The Hall–Kier alpha value is -1.98. The van der Waals surface area contributed by atoms with Gasteiger partial charge in [0, 0.05) is 11.1 Å². The second-order valence-electron chi connectivity index (χ2n) is 4.25. The standard InChI is InChI=1S/C13H13F3O3/c1-8(2)11(18)19-12(3,13(14,15)16)9-5-4-6-10(17)7-9/h4-7,17H,1H2,2-3H3. The van der Waals surface area contributed by atoms with E-state index in [2.05, 4.69) is 11.3 Å². The molecule has 0 radical (unpaired) electrons. The molecule has 0 heterocycles. The SMILES string of the molecule is C=C(C)C(=O)OC(C)(c1cccc(O)c1)C(F)(F)F. The first-order valence-corrected chi connectivity index (χ1v) is 5.33. The molecule has 0 saturated heterocycles. The van der Waals surface area contributed by atoms with E-state index in [0.29, 0.717) is 0 Å². The number of halogens is 3. The topological polar surface area (TPSA) is 46.5 Å². The molecule has 0 saturated carbocycles. The third kappa shape index (κ3) is 3.07. The number of hydrogen-bond acceptors (Lipinski definition) is 3. The van der Waals surface area contributed by atoms with Crippen molar-refractivity contribution in [2.75, 3.05) is 0 Å². The van der Waals surface area contributed by atoms with Crippen LogP contribution < -0.4 is 0 Å². The average Bonchev–Trinajstić information content (AvgIpc) is 2.27. The molecule has 104 valence electrons. The third-order valence-corrected chi connectivity index (χ3v) is 2.58. The lowest BCUT2D eigenvalue weighted by molar-refractivity contribution is -0.268. The molecule has 0 aliphatic carbocycles. The third-order valence-electron chi connectivity index (χ3n) is 2.58. The van der Waals surface area contributed by atoms with Gasteiger partial charge in [0.05, 0.1) is 0 Å². The number of phenols is 1. The van der Waals surface area contributed by atoms with Crippen LogP contribution in [0.5, 0.6) is 5.75 Å². The summed E-state index contributed by atoms with van der Waals surface area (Å²) >= 11 is 0. The van der Waals surface area contributed by atoms with Gasteiger partial charge in [0.15, 0.2) is 0 Å². The highest BCUT2D eigenvalue weighted by Gasteiger charge is 2.56. The monoisotopic (exact) mass is 274 g/mol. The molecule has 1 atom stereocenters. The molecule has 1 rings (SSSR count). The molecule has 0 aliphatic rings. The molecule has 1 unspecified atom stereocenters. The van der Waals surface area contributed by atoms with Crippen LogP contribution in [0.4, 0.5) is 13.2 Å². The first-order chi connectivity index (χ1) is 8.58. The van der Waals surface area contributed by atoms with Crippen LogP contribution in [0.25, 0.3) is 0 Å². The van der Waals surface area contributed by atoms with Gasteiger partial charge in [-0.05, 0) is 26.0 Å². The van der Waals surface area contributed by atoms with Crippen LogP contribution >= 0.6 is 0 Å². The van der Waals surface area contributed by atoms with Crippen molar-refractivity contribution in [2.45, 2.75) is 25.6 Å². The molecule has 1 N–H and O–H groups in total. The Balaban J connectivity index is 3.29. The van der Waals surface area contributed by atoms with Gasteiger partial charge in [-0.1, -0.05) is 18.7 Å². The van der Waals surface area contributed by atoms with Gasteiger partial charge in [-0.25, -0.2) is 4.79 Å². The van der Waals surface area contributed by atoms with Gasteiger partial charge in [-0.3, -0.25) is 0 Å². The molecule has 3 nitrogen and oxygen atoms in total. The summed E-state index contributed by atoms with van der Waals surface area (Å²) in [6, 6.07) is 4.49. The number of aromatic hydroxyl groups is 1. The minimum absolute atomic E-state index is 0.143. The fourth-order valence-corrected chi connectivity index (χ4v) is 1.36. The lowest BCUT2D eigenvalue weighted by atomic mass is 9.94. The van der Waals surface area contributed by atoms with Gasteiger partial charge in [0.2, 0.25) is 5.60 Å². The van der Waals surface area contributed by atoms with Crippen LogP contribution in [-0.4, -0.2) is 17.3 Å². The van der Waals surface area contributed by atoms with Crippen LogP contribution in [0.15, 0.2) is 36.4 Å². The minimum Gasteiger partial charge on any atom is -0.508 e. The predicted molar refractivity (Wildman–Crippen MR) is 62.4 cm³/mol. The summed E-state index contributed by atoms with van der Waals surface area (Å²) in [4.78, 5) is 11.4. The first-order valence-electron chi connectivity index (χ1n) is 5.33. The number of phenolic OH excluding ortho intramolecular Hbond substituents is 1. The second kappa shape index (κ2) is 4.95. The first kappa shape index (κ1) is 15.1. The number of carbonyl (C=O) groups excluding carboxylic acids is 1. The van der Waals surface area contributed by atoms with Crippen LogP contribution in [0.3, 0.4) is 0 Å². The van der Waals surface area contributed by atoms with Gasteiger partial charge < -0.3 is 9.84 Å². The van der Waals surface area contributed by atoms with Crippen molar-refractivity contribution in [3.05, 3.63) is 42.0 Å².